The van der Waals surface area contributed by atoms with Gasteiger partial charge in [0, 0.05) is 33.4 Å². The molecule has 0 atom stereocenters. The number of nitrogens with zero attached hydrogens (tertiary/aromatic N) is 4. The predicted octanol–water partition coefficient (Wildman–Crippen LogP) is 7.01. The zero-order valence-corrected chi connectivity index (χ0v) is 21.7. The van der Waals surface area contributed by atoms with E-state index in [0.717, 1.165) is 21.2 Å². The zero-order chi connectivity index (χ0) is 26.3. The van der Waals surface area contributed by atoms with E-state index >= 15 is 0 Å². The zero-order valence-electron chi connectivity index (χ0n) is 20.1. The van der Waals surface area contributed by atoms with Crippen LogP contribution in [-0.2, 0) is 0 Å². The van der Waals surface area contributed by atoms with Crippen molar-refractivity contribution in [2.24, 2.45) is 4.99 Å². The number of aryl methyl sites for hydroxylation is 2. The fourth-order valence-corrected chi connectivity index (χ4v) is 4.44. The lowest BCUT2D eigenvalue weighted by molar-refractivity contribution is -0.385. The van der Waals surface area contributed by atoms with Crippen molar-refractivity contribution >= 4 is 39.3 Å². The number of aromatic nitrogens is 2. The molecular weight excluding hydrogens is 540 g/mol. The second kappa shape index (κ2) is 9.55. The normalized spacial score (nSPS) is 11.5. The number of methoxy groups -OCH3 is 1. The summed E-state index contributed by atoms with van der Waals surface area (Å²) < 4.78 is 14.0. The molecule has 0 bridgehead atoms. The summed E-state index contributed by atoms with van der Waals surface area (Å²) in [6, 6.07) is 15.7. The van der Waals surface area contributed by atoms with Gasteiger partial charge in [-0.3, -0.25) is 14.5 Å². The Balaban J connectivity index is 1.56. The minimum Gasteiger partial charge on any atom is -0.504 e. The third-order valence-electron chi connectivity index (χ3n) is 5.96. The molecule has 0 spiro atoms. The number of rotatable bonds is 6. The maximum atomic E-state index is 11.3. The standard InChI is InChI=1S/C27H21BrN4O5/c1-15-11-21(32(34)35)16(2)10-20(15)23-8-6-19(37-23)13-29-27-26(17-4-7-22(33)24(12-17)36-3)30-25-9-5-18(28)14-31(25)27/h4-14,33H,1-3H3. The number of ether oxygens (including phenoxy) is 1. The van der Waals surface area contributed by atoms with E-state index in [4.69, 9.17) is 19.1 Å². The largest absolute Gasteiger partial charge is 0.504 e. The van der Waals surface area contributed by atoms with Crippen LogP contribution in [0.4, 0.5) is 11.5 Å². The van der Waals surface area contributed by atoms with Crippen molar-refractivity contribution in [3.8, 4) is 34.1 Å². The second-order valence-corrected chi connectivity index (χ2v) is 9.33. The van der Waals surface area contributed by atoms with Crippen LogP contribution in [0.25, 0.3) is 28.2 Å². The molecule has 0 fully saturated rings. The van der Waals surface area contributed by atoms with E-state index in [1.807, 2.05) is 35.7 Å². The van der Waals surface area contributed by atoms with Crippen LogP contribution in [0.2, 0.25) is 0 Å². The monoisotopic (exact) mass is 560 g/mol. The lowest BCUT2D eigenvalue weighted by Gasteiger charge is -2.06. The number of nitro groups is 1. The molecule has 5 aromatic rings. The summed E-state index contributed by atoms with van der Waals surface area (Å²) in [5, 5.41) is 21.3. The van der Waals surface area contributed by atoms with Crippen LogP contribution in [0, 0.1) is 24.0 Å². The molecule has 0 aliphatic rings. The van der Waals surface area contributed by atoms with Crippen LogP contribution >= 0.6 is 15.9 Å². The number of hydrogen-bond donors (Lipinski definition) is 1. The summed E-state index contributed by atoms with van der Waals surface area (Å²) in [6.45, 7) is 3.52. The number of benzene rings is 2. The van der Waals surface area contributed by atoms with Gasteiger partial charge in [-0.2, -0.15) is 0 Å². The van der Waals surface area contributed by atoms with Gasteiger partial charge in [-0.15, -0.1) is 0 Å². The van der Waals surface area contributed by atoms with Gasteiger partial charge >= 0.3 is 0 Å². The highest BCUT2D eigenvalue weighted by molar-refractivity contribution is 9.10. The first kappa shape index (κ1) is 24.3. The Morgan fingerprint density at radius 2 is 1.95 bits per heavy atom. The SMILES string of the molecule is COc1cc(-c2nc3ccc(Br)cn3c2N=Cc2ccc(-c3cc(C)c([N+](=O)[O-])cc3C)o2)ccc1O. The van der Waals surface area contributed by atoms with E-state index in [0.29, 0.717) is 40.0 Å². The highest BCUT2D eigenvalue weighted by Gasteiger charge is 2.18. The van der Waals surface area contributed by atoms with Gasteiger partial charge in [-0.05, 0) is 83.9 Å². The van der Waals surface area contributed by atoms with Crippen LogP contribution in [0.1, 0.15) is 16.9 Å². The van der Waals surface area contributed by atoms with Crippen molar-refractivity contribution in [3.63, 3.8) is 0 Å². The molecule has 3 heterocycles. The summed E-state index contributed by atoms with van der Waals surface area (Å²) >= 11 is 3.50. The Bertz CT molecular complexity index is 1700. The van der Waals surface area contributed by atoms with Gasteiger partial charge in [0.05, 0.1) is 18.2 Å². The number of fused-ring (bicyclic) bond motifs is 1. The molecule has 0 unspecified atom stereocenters. The lowest BCUT2D eigenvalue weighted by Crippen LogP contribution is -1.94. The Kier molecular flexibility index (Phi) is 6.26. The number of aliphatic imine (C=N–C) groups is 1. The van der Waals surface area contributed by atoms with Crippen molar-refractivity contribution in [1.29, 1.82) is 0 Å². The number of imidazole rings is 1. The molecule has 186 valence electrons. The van der Waals surface area contributed by atoms with Crippen molar-refractivity contribution in [3.05, 3.63) is 92.3 Å². The number of aromatic hydroxyl groups is 1. The molecule has 0 aliphatic carbocycles. The average molecular weight is 561 g/mol. The molecule has 2 aromatic carbocycles. The summed E-state index contributed by atoms with van der Waals surface area (Å²) in [5.41, 5.74) is 4.16. The molecule has 0 aliphatic heterocycles. The number of furan rings is 1. The number of phenolic OH excluding ortho intramolecular Hbond substituents is 1. The summed E-state index contributed by atoms with van der Waals surface area (Å²) in [6.07, 6.45) is 3.47. The van der Waals surface area contributed by atoms with Crippen LogP contribution in [0.15, 0.2) is 74.7 Å². The first-order valence-electron chi connectivity index (χ1n) is 11.2. The molecular formula is C27H21BrN4O5. The van der Waals surface area contributed by atoms with Gasteiger partial charge in [0.1, 0.15) is 22.9 Å². The fraction of sp³-hybridized carbons (Fsp3) is 0.111. The topological polar surface area (TPSA) is 115 Å². The predicted molar refractivity (Wildman–Crippen MR) is 144 cm³/mol. The van der Waals surface area contributed by atoms with E-state index in [1.165, 1.54) is 7.11 Å². The van der Waals surface area contributed by atoms with Crippen molar-refractivity contribution in [2.45, 2.75) is 13.8 Å². The molecule has 0 radical (unpaired) electrons. The molecule has 5 rings (SSSR count). The quantitative estimate of drug-likeness (QED) is 0.135. The van der Waals surface area contributed by atoms with Crippen LogP contribution in [0.5, 0.6) is 11.5 Å². The van der Waals surface area contributed by atoms with Gasteiger partial charge in [0.2, 0.25) is 0 Å². The molecule has 9 nitrogen and oxygen atoms in total. The minimum absolute atomic E-state index is 0.0303. The van der Waals surface area contributed by atoms with E-state index in [2.05, 4.69) is 15.9 Å². The van der Waals surface area contributed by atoms with Crippen molar-refractivity contribution in [1.82, 2.24) is 9.38 Å². The van der Waals surface area contributed by atoms with Gasteiger partial charge in [-0.1, -0.05) is 0 Å². The lowest BCUT2D eigenvalue weighted by atomic mass is 10.0. The Morgan fingerprint density at radius 3 is 2.70 bits per heavy atom. The smallest absolute Gasteiger partial charge is 0.272 e. The number of pyridine rings is 1. The second-order valence-electron chi connectivity index (χ2n) is 8.42. The molecule has 3 aromatic heterocycles. The molecule has 0 saturated carbocycles. The number of phenols is 1. The first-order valence-corrected chi connectivity index (χ1v) is 12.0. The Morgan fingerprint density at radius 1 is 1.14 bits per heavy atom. The molecule has 37 heavy (non-hydrogen) atoms. The summed E-state index contributed by atoms with van der Waals surface area (Å²) in [4.78, 5) is 20.3. The van der Waals surface area contributed by atoms with Crippen LogP contribution in [0.3, 0.4) is 0 Å². The van der Waals surface area contributed by atoms with Gasteiger partial charge < -0.3 is 14.3 Å². The third-order valence-corrected chi connectivity index (χ3v) is 6.43. The van der Waals surface area contributed by atoms with Gasteiger partial charge in [-0.25, -0.2) is 9.98 Å². The van der Waals surface area contributed by atoms with Crippen LogP contribution in [-0.4, -0.2) is 32.7 Å². The van der Waals surface area contributed by atoms with E-state index in [9.17, 15) is 15.2 Å². The van der Waals surface area contributed by atoms with E-state index in [1.54, 1.807) is 49.5 Å². The maximum Gasteiger partial charge on any atom is 0.272 e. The molecule has 1 N–H and O–H groups in total. The van der Waals surface area contributed by atoms with Crippen molar-refractivity contribution in [2.75, 3.05) is 7.11 Å². The molecule has 0 amide bonds. The van der Waals surface area contributed by atoms with Gasteiger partial charge in [0.25, 0.3) is 5.69 Å². The fourth-order valence-electron chi connectivity index (χ4n) is 4.10. The average Bonchev–Trinajstić information content (AvgIpc) is 3.48. The number of halogens is 1. The Hall–Kier alpha value is -4.44. The summed E-state index contributed by atoms with van der Waals surface area (Å²) in [5.74, 6) is 2.01. The van der Waals surface area contributed by atoms with E-state index < -0.39 is 0 Å². The summed E-state index contributed by atoms with van der Waals surface area (Å²) in [7, 11) is 1.49. The molecule has 10 heteroatoms. The van der Waals surface area contributed by atoms with Crippen LogP contribution < -0.4 is 4.74 Å². The third kappa shape index (κ3) is 4.58. The minimum atomic E-state index is -0.387. The molecule has 0 saturated heterocycles. The van der Waals surface area contributed by atoms with E-state index in [-0.39, 0.29) is 16.4 Å². The highest BCUT2D eigenvalue weighted by Crippen LogP contribution is 2.37. The highest BCUT2D eigenvalue weighted by atomic mass is 79.9. The van der Waals surface area contributed by atoms with Crippen molar-refractivity contribution < 1.29 is 19.2 Å². The van der Waals surface area contributed by atoms with Gasteiger partial charge in [0.15, 0.2) is 17.3 Å². The first-order chi connectivity index (χ1) is 17.7. The number of nitro benzene ring substituents is 1. The maximum absolute atomic E-state index is 11.3. The Labute approximate surface area is 220 Å². The number of hydrogen-bond acceptors (Lipinski definition) is 7.